The van der Waals surface area contributed by atoms with Gasteiger partial charge in [0, 0.05) is 76.2 Å². The Morgan fingerprint density at radius 2 is 1.46 bits per heavy atom. The van der Waals surface area contributed by atoms with Gasteiger partial charge in [-0.15, -0.1) is 17.5 Å². The van der Waals surface area contributed by atoms with Crippen molar-refractivity contribution in [3.8, 4) is 0 Å². The maximum absolute atomic E-state index is 11.7. The third kappa shape index (κ3) is 5.27. The summed E-state index contributed by atoms with van der Waals surface area (Å²) in [6.45, 7) is 19.7. The molecule has 3 aromatic carbocycles. The molecule has 0 amide bonds. The van der Waals surface area contributed by atoms with Crippen LogP contribution >= 0.6 is 0 Å². The van der Waals surface area contributed by atoms with Crippen LogP contribution in [0.3, 0.4) is 0 Å². The van der Waals surface area contributed by atoms with Gasteiger partial charge >= 0.3 is 0 Å². The van der Waals surface area contributed by atoms with Gasteiger partial charge in [0.2, 0.25) is 0 Å². The zero-order valence-corrected chi connectivity index (χ0v) is 32.2. The third-order valence-electron chi connectivity index (χ3n) is 11.5. The molecular formula is C42H48IrN3O2-. The monoisotopic (exact) mass is 819 g/mol. The number of benzene rings is 3. The summed E-state index contributed by atoms with van der Waals surface area (Å²) in [5, 5.41) is 15.7. The second-order valence-electron chi connectivity index (χ2n) is 14.3. The molecular weight excluding hydrogens is 771 g/mol. The van der Waals surface area contributed by atoms with Crippen molar-refractivity contribution >= 4 is 54.8 Å². The van der Waals surface area contributed by atoms with Crippen molar-refractivity contribution in [1.82, 2.24) is 14.4 Å². The summed E-state index contributed by atoms with van der Waals surface area (Å²) in [5.41, 5.74) is 8.29. The van der Waals surface area contributed by atoms with Crippen molar-refractivity contribution in [2.24, 2.45) is 11.8 Å². The maximum Gasteiger partial charge on any atom is 0.162 e. The van der Waals surface area contributed by atoms with Crippen LogP contribution < -0.4 is 0 Å². The van der Waals surface area contributed by atoms with Gasteiger partial charge in [0.1, 0.15) is 6.33 Å². The Morgan fingerprint density at radius 1 is 0.854 bits per heavy atom. The molecule has 0 atom stereocenters. The van der Waals surface area contributed by atoms with Gasteiger partial charge in [0.15, 0.2) is 5.78 Å². The van der Waals surface area contributed by atoms with E-state index in [0.717, 1.165) is 47.7 Å². The smallest absolute Gasteiger partial charge is 0.162 e. The fourth-order valence-electron chi connectivity index (χ4n) is 7.88. The Bertz CT molecular complexity index is 2200. The number of aryl methyl sites for hydroxylation is 1. The molecule has 6 heteroatoms. The van der Waals surface area contributed by atoms with Gasteiger partial charge < -0.3 is 9.51 Å². The van der Waals surface area contributed by atoms with Gasteiger partial charge in [-0.1, -0.05) is 115 Å². The molecule has 0 saturated carbocycles. The molecule has 0 fully saturated rings. The summed E-state index contributed by atoms with van der Waals surface area (Å²) in [5.74, 6) is 0.547. The number of fused-ring (bicyclic) bond motifs is 7. The predicted molar refractivity (Wildman–Crippen MR) is 196 cm³/mol. The van der Waals surface area contributed by atoms with E-state index in [1.807, 2.05) is 27.7 Å². The number of carbonyl (C=O) groups excluding carboxylic acids is 1. The topological polar surface area (TPSA) is 67.5 Å². The van der Waals surface area contributed by atoms with Crippen LogP contribution in [0.2, 0.25) is 0 Å². The van der Waals surface area contributed by atoms with Crippen LogP contribution in [0.4, 0.5) is 0 Å². The minimum atomic E-state index is -0.147. The van der Waals surface area contributed by atoms with E-state index >= 15 is 0 Å². The van der Waals surface area contributed by atoms with Crippen LogP contribution in [0.15, 0.2) is 66.7 Å². The van der Waals surface area contributed by atoms with E-state index in [1.165, 1.54) is 49.9 Å². The number of hydrogen-bond acceptors (Lipinski definition) is 4. The normalized spacial score (nSPS) is 15.1. The average Bonchev–Trinajstić information content (AvgIpc) is 3.41. The SMILES string of the molecule is CCC(CC)C(=O)/C=C(\O)C(CC)CC.Cc1c2ccccc2[c-]c2c3ncnc4c3c3c(c5ccccc5n3c12)C(C)(C)C4(C)C.[Ir]. The zero-order valence-electron chi connectivity index (χ0n) is 29.8. The van der Waals surface area contributed by atoms with Crippen molar-refractivity contribution in [3.05, 3.63) is 89.6 Å². The molecule has 0 bridgehead atoms. The molecule has 253 valence electrons. The largest absolute Gasteiger partial charge is 0.512 e. The van der Waals surface area contributed by atoms with Crippen molar-refractivity contribution in [3.63, 3.8) is 0 Å². The number of aliphatic hydroxyl groups excluding tert-OH is 1. The molecule has 48 heavy (non-hydrogen) atoms. The van der Waals surface area contributed by atoms with Gasteiger partial charge in [0.05, 0.1) is 11.5 Å². The van der Waals surface area contributed by atoms with E-state index in [4.69, 9.17) is 9.97 Å². The standard InChI is InChI=1S/C29H24N3.C13H24O2.Ir/c1-16-18-11-7-6-10-17(18)14-20-24-22-26-23(19-12-8-9-13-21(19)32(26)25(16)20)28(2,3)29(4,5)27(22)31-15-30-24;1-5-10(6-2)12(14)9-13(15)11(7-3)8-4;/h6-13,15H,1-5H3;9-11,14H,5-8H2,1-4H3;/q-1;;/b;12-9-;. The number of allylic oxidation sites excluding steroid dienone is 2. The molecule has 3 aromatic heterocycles. The summed E-state index contributed by atoms with van der Waals surface area (Å²) >= 11 is 0. The summed E-state index contributed by atoms with van der Waals surface area (Å²) in [6, 6.07) is 21.1. The number of carbonyl (C=O) groups is 1. The minimum Gasteiger partial charge on any atom is -0.512 e. The first-order valence-electron chi connectivity index (χ1n) is 17.3. The Morgan fingerprint density at radius 3 is 2.10 bits per heavy atom. The van der Waals surface area contributed by atoms with Crippen molar-refractivity contribution in [1.29, 1.82) is 0 Å². The van der Waals surface area contributed by atoms with E-state index in [2.05, 4.69) is 93.6 Å². The van der Waals surface area contributed by atoms with E-state index in [1.54, 1.807) is 6.33 Å². The number of nitrogens with zero attached hydrogens (tertiary/aromatic N) is 3. The van der Waals surface area contributed by atoms with Crippen molar-refractivity contribution in [2.75, 3.05) is 0 Å². The summed E-state index contributed by atoms with van der Waals surface area (Å²) in [4.78, 5) is 21.5. The van der Waals surface area contributed by atoms with E-state index in [9.17, 15) is 9.90 Å². The van der Waals surface area contributed by atoms with Crippen LogP contribution in [-0.4, -0.2) is 25.3 Å². The molecule has 0 saturated heterocycles. The molecule has 0 spiro atoms. The number of para-hydroxylation sites is 1. The van der Waals surface area contributed by atoms with Gasteiger partial charge in [-0.25, -0.2) is 4.98 Å². The first-order chi connectivity index (χ1) is 22.4. The van der Waals surface area contributed by atoms with Crippen LogP contribution in [0.1, 0.15) is 97.9 Å². The van der Waals surface area contributed by atoms with Gasteiger partial charge in [0.25, 0.3) is 0 Å². The molecule has 5 nitrogen and oxygen atoms in total. The van der Waals surface area contributed by atoms with Crippen LogP contribution in [0.5, 0.6) is 0 Å². The molecule has 1 N–H and O–H groups in total. The van der Waals surface area contributed by atoms with Crippen molar-refractivity contribution < 1.29 is 30.0 Å². The molecule has 6 aromatic rings. The number of hydrogen-bond donors (Lipinski definition) is 1. The number of ketones is 1. The predicted octanol–water partition coefficient (Wildman–Crippen LogP) is 10.9. The van der Waals surface area contributed by atoms with E-state index < -0.39 is 0 Å². The fraction of sp³-hybridized carbons (Fsp3) is 0.405. The summed E-state index contributed by atoms with van der Waals surface area (Å²) in [6.07, 6.45) is 6.65. The average molecular weight is 819 g/mol. The Balaban J connectivity index is 0.000000243. The summed E-state index contributed by atoms with van der Waals surface area (Å²) < 4.78 is 2.48. The Kier molecular flexibility index (Phi) is 9.94. The zero-order chi connectivity index (χ0) is 33.8. The van der Waals surface area contributed by atoms with Gasteiger partial charge in [-0.3, -0.25) is 9.78 Å². The van der Waals surface area contributed by atoms with E-state index in [0.29, 0.717) is 0 Å². The van der Waals surface area contributed by atoms with Crippen molar-refractivity contribution in [2.45, 2.75) is 98.8 Å². The molecule has 7 rings (SSSR count). The molecule has 3 heterocycles. The first kappa shape index (κ1) is 35.7. The number of aliphatic hydroxyl groups is 1. The molecule has 0 aliphatic heterocycles. The third-order valence-corrected chi connectivity index (χ3v) is 11.5. The first-order valence-corrected chi connectivity index (χ1v) is 17.3. The molecule has 1 aliphatic rings. The van der Waals surface area contributed by atoms with Crippen LogP contribution in [-0.2, 0) is 35.7 Å². The minimum absolute atomic E-state index is 0. The second-order valence-corrected chi connectivity index (χ2v) is 14.3. The van der Waals surface area contributed by atoms with Gasteiger partial charge in [-0.2, -0.15) is 0 Å². The quantitative estimate of drug-likeness (QED) is 0.0573. The Hall–Kier alpha value is -3.60. The van der Waals surface area contributed by atoms with Crippen LogP contribution in [0.25, 0.3) is 49.0 Å². The maximum atomic E-state index is 11.7. The molecule has 0 unspecified atom stereocenters. The van der Waals surface area contributed by atoms with Gasteiger partial charge in [-0.05, 0) is 42.8 Å². The fourth-order valence-corrected chi connectivity index (χ4v) is 7.88. The van der Waals surface area contributed by atoms with E-state index in [-0.39, 0.29) is 54.3 Å². The molecule has 1 radical (unpaired) electrons. The number of aromatic nitrogens is 3. The second kappa shape index (κ2) is 13.4. The summed E-state index contributed by atoms with van der Waals surface area (Å²) in [7, 11) is 0. The number of pyridine rings is 1. The number of rotatable bonds is 7. The van der Waals surface area contributed by atoms with Crippen LogP contribution in [0, 0.1) is 24.8 Å². The molecule has 1 aliphatic carbocycles. The Labute approximate surface area is 298 Å².